The molecule has 0 fully saturated rings. The topological polar surface area (TPSA) is 46.3 Å². The fraction of sp³-hybridized carbons (Fsp3) is 0.278. The Labute approximate surface area is 126 Å². The first-order valence-electron chi connectivity index (χ1n) is 7.10. The summed E-state index contributed by atoms with van der Waals surface area (Å²) in [7, 11) is 1.83. The molecule has 21 heavy (non-hydrogen) atoms. The second kappa shape index (κ2) is 6.00. The number of benzene rings is 2. The van der Waals surface area contributed by atoms with Crippen LogP contribution >= 0.6 is 0 Å². The number of hydrogen-bond donors (Lipinski definition) is 1. The van der Waals surface area contributed by atoms with Gasteiger partial charge in [0.05, 0.1) is 6.04 Å². The number of amides is 1. The number of nitrogens with two attached hydrogens (primary N) is 1. The Bertz CT molecular complexity index is 664. The first-order valence-corrected chi connectivity index (χ1v) is 7.10. The molecule has 0 aliphatic heterocycles. The van der Waals surface area contributed by atoms with Gasteiger partial charge in [-0.3, -0.25) is 4.79 Å². The van der Waals surface area contributed by atoms with E-state index in [1.54, 1.807) is 4.90 Å². The third-order valence-electron chi connectivity index (χ3n) is 3.91. The molecule has 2 aromatic carbocycles. The Kier molecular flexibility index (Phi) is 4.32. The SMILES string of the molecule is Cc1ccc(C(=O)N(C)C(C)c2cccc(N)c2)c(C)c1. The normalized spacial score (nSPS) is 12.0. The molecule has 1 atom stereocenters. The lowest BCUT2D eigenvalue weighted by molar-refractivity contribution is 0.0742. The largest absolute Gasteiger partial charge is 0.399 e. The molecule has 0 radical (unpaired) electrons. The molecule has 2 N–H and O–H groups in total. The van der Waals surface area contributed by atoms with Crippen LogP contribution in [0.5, 0.6) is 0 Å². The second-order valence-corrected chi connectivity index (χ2v) is 5.58. The van der Waals surface area contributed by atoms with E-state index in [4.69, 9.17) is 5.73 Å². The minimum absolute atomic E-state index is 0.0262. The summed E-state index contributed by atoms with van der Waals surface area (Å²) in [4.78, 5) is 14.4. The van der Waals surface area contributed by atoms with Crippen molar-refractivity contribution in [3.63, 3.8) is 0 Å². The van der Waals surface area contributed by atoms with E-state index in [0.717, 1.165) is 22.3 Å². The number of hydrogen-bond acceptors (Lipinski definition) is 2. The predicted molar refractivity (Wildman–Crippen MR) is 87.3 cm³/mol. The standard InChI is InChI=1S/C18H22N2O/c1-12-8-9-17(13(2)10-12)18(21)20(4)14(3)15-6-5-7-16(19)11-15/h5-11,14H,19H2,1-4H3. The Balaban J connectivity index is 2.26. The van der Waals surface area contributed by atoms with E-state index < -0.39 is 0 Å². The van der Waals surface area contributed by atoms with Gasteiger partial charge in [-0.05, 0) is 50.1 Å². The summed E-state index contributed by atoms with van der Waals surface area (Å²) in [5, 5.41) is 0. The highest BCUT2D eigenvalue weighted by molar-refractivity contribution is 5.95. The molecule has 0 aliphatic rings. The van der Waals surface area contributed by atoms with Gasteiger partial charge in [-0.2, -0.15) is 0 Å². The Morgan fingerprint density at radius 2 is 1.86 bits per heavy atom. The second-order valence-electron chi connectivity index (χ2n) is 5.58. The molecule has 2 aromatic rings. The number of anilines is 1. The molecule has 2 rings (SSSR count). The van der Waals surface area contributed by atoms with Crippen molar-refractivity contribution in [1.82, 2.24) is 4.90 Å². The highest BCUT2D eigenvalue weighted by Crippen LogP contribution is 2.23. The molecule has 0 bridgehead atoms. The van der Waals surface area contributed by atoms with Gasteiger partial charge in [-0.1, -0.05) is 29.8 Å². The van der Waals surface area contributed by atoms with Crippen molar-refractivity contribution >= 4 is 11.6 Å². The maximum atomic E-state index is 12.7. The molecule has 1 unspecified atom stereocenters. The van der Waals surface area contributed by atoms with Gasteiger partial charge in [-0.25, -0.2) is 0 Å². The number of rotatable bonds is 3. The van der Waals surface area contributed by atoms with Gasteiger partial charge in [0.25, 0.3) is 5.91 Å². The lowest BCUT2D eigenvalue weighted by Crippen LogP contribution is -2.30. The first kappa shape index (κ1) is 15.1. The van der Waals surface area contributed by atoms with Crippen LogP contribution in [0.3, 0.4) is 0 Å². The Morgan fingerprint density at radius 3 is 2.48 bits per heavy atom. The predicted octanol–water partition coefficient (Wildman–Crippen LogP) is 3.72. The summed E-state index contributed by atoms with van der Waals surface area (Å²) < 4.78 is 0. The number of carbonyl (C=O) groups is 1. The number of nitrogens with zero attached hydrogens (tertiary/aromatic N) is 1. The van der Waals surface area contributed by atoms with Crippen LogP contribution in [-0.2, 0) is 0 Å². The zero-order chi connectivity index (χ0) is 15.6. The van der Waals surface area contributed by atoms with E-state index in [9.17, 15) is 4.79 Å². The van der Waals surface area contributed by atoms with Crippen LogP contribution in [0, 0.1) is 13.8 Å². The third-order valence-corrected chi connectivity index (χ3v) is 3.91. The molecule has 0 aliphatic carbocycles. The lowest BCUT2D eigenvalue weighted by Gasteiger charge is -2.26. The number of aryl methyl sites for hydroxylation is 2. The van der Waals surface area contributed by atoms with E-state index in [0.29, 0.717) is 5.69 Å². The number of carbonyl (C=O) groups excluding carboxylic acids is 1. The molecule has 3 heteroatoms. The van der Waals surface area contributed by atoms with Crippen molar-refractivity contribution in [2.75, 3.05) is 12.8 Å². The molecule has 0 spiro atoms. The smallest absolute Gasteiger partial charge is 0.254 e. The van der Waals surface area contributed by atoms with Crippen molar-refractivity contribution in [2.24, 2.45) is 0 Å². The molecule has 0 saturated carbocycles. The molecule has 0 heterocycles. The van der Waals surface area contributed by atoms with Gasteiger partial charge in [0, 0.05) is 18.3 Å². The average molecular weight is 282 g/mol. The maximum Gasteiger partial charge on any atom is 0.254 e. The Hall–Kier alpha value is -2.29. The lowest BCUT2D eigenvalue weighted by atomic mass is 10.0. The summed E-state index contributed by atoms with van der Waals surface area (Å²) in [6.07, 6.45) is 0. The monoisotopic (exact) mass is 282 g/mol. The van der Waals surface area contributed by atoms with E-state index >= 15 is 0 Å². The van der Waals surface area contributed by atoms with Crippen LogP contribution in [0.2, 0.25) is 0 Å². The molecule has 110 valence electrons. The molecular formula is C18H22N2O. The van der Waals surface area contributed by atoms with Gasteiger partial charge >= 0.3 is 0 Å². The number of nitrogen functional groups attached to an aromatic ring is 1. The van der Waals surface area contributed by atoms with E-state index in [1.807, 2.05) is 70.3 Å². The van der Waals surface area contributed by atoms with Crippen molar-refractivity contribution < 1.29 is 4.79 Å². The molecule has 1 amide bonds. The summed E-state index contributed by atoms with van der Waals surface area (Å²) in [6.45, 7) is 6.01. The van der Waals surface area contributed by atoms with E-state index in [-0.39, 0.29) is 11.9 Å². The van der Waals surface area contributed by atoms with Crippen molar-refractivity contribution in [3.05, 3.63) is 64.7 Å². The molecule has 0 saturated heterocycles. The van der Waals surface area contributed by atoms with Crippen LogP contribution in [-0.4, -0.2) is 17.9 Å². The van der Waals surface area contributed by atoms with Crippen LogP contribution in [0.4, 0.5) is 5.69 Å². The molecular weight excluding hydrogens is 260 g/mol. The van der Waals surface area contributed by atoms with Crippen LogP contribution in [0.25, 0.3) is 0 Å². The third kappa shape index (κ3) is 3.24. The first-order chi connectivity index (χ1) is 9.90. The average Bonchev–Trinajstić information content (AvgIpc) is 2.45. The summed E-state index contributed by atoms with van der Waals surface area (Å²) in [5.74, 6) is 0.0300. The fourth-order valence-electron chi connectivity index (χ4n) is 2.46. The Morgan fingerprint density at radius 1 is 1.14 bits per heavy atom. The minimum atomic E-state index is -0.0262. The summed E-state index contributed by atoms with van der Waals surface area (Å²) in [5.41, 5.74) is 10.5. The zero-order valence-electron chi connectivity index (χ0n) is 13.1. The van der Waals surface area contributed by atoms with Gasteiger partial charge < -0.3 is 10.6 Å². The fourth-order valence-corrected chi connectivity index (χ4v) is 2.46. The van der Waals surface area contributed by atoms with Gasteiger partial charge in [0.15, 0.2) is 0 Å². The van der Waals surface area contributed by atoms with Crippen LogP contribution in [0.15, 0.2) is 42.5 Å². The summed E-state index contributed by atoms with van der Waals surface area (Å²) >= 11 is 0. The van der Waals surface area contributed by atoms with Crippen molar-refractivity contribution in [2.45, 2.75) is 26.8 Å². The van der Waals surface area contributed by atoms with E-state index in [2.05, 4.69) is 0 Å². The molecule has 3 nitrogen and oxygen atoms in total. The van der Waals surface area contributed by atoms with Gasteiger partial charge in [0.1, 0.15) is 0 Å². The van der Waals surface area contributed by atoms with Gasteiger partial charge in [-0.15, -0.1) is 0 Å². The zero-order valence-corrected chi connectivity index (χ0v) is 13.1. The minimum Gasteiger partial charge on any atom is -0.399 e. The van der Waals surface area contributed by atoms with Crippen molar-refractivity contribution in [1.29, 1.82) is 0 Å². The van der Waals surface area contributed by atoms with E-state index in [1.165, 1.54) is 0 Å². The quantitative estimate of drug-likeness (QED) is 0.872. The van der Waals surface area contributed by atoms with Crippen LogP contribution < -0.4 is 5.73 Å². The summed E-state index contributed by atoms with van der Waals surface area (Å²) in [6, 6.07) is 13.5. The van der Waals surface area contributed by atoms with Gasteiger partial charge in [0.2, 0.25) is 0 Å². The van der Waals surface area contributed by atoms with Crippen molar-refractivity contribution in [3.8, 4) is 0 Å². The highest BCUT2D eigenvalue weighted by atomic mass is 16.2. The highest BCUT2D eigenvalue weighted by Gasteiger charge is 2.20. The maximum absolute atomic E-state index is 12.7. The van der Waals surface area contributed by atoms with Crippen LogP contribution in [0.1, 0.15) is 40.0 Å². The molecule has 0 aromatic heterocycles.